The zero-order chi connectivity index (χ0) is 16.8. The zero-order valence-corrected chi connectivity index (χ0v) is 12.2. The maximum absolute atomic E-state index is 13.7. The molecule has 0 aromatic carbocycles. The van der Waals surface area contributed by atoms with Crippen LogP contribution in [0.3, 0.4) is 0 Å². The van der Waals surface area contributed by atoms with Crippen molar-refractivity contribution in [3.05, 3.63) is 0 Å². The first kappa shape index (κ1) is 29.5. The molecule has 22 heavy (non-hydrogen) atoms. The van der Waals surface area contributed by atoms with Crippen molar-refractivity contribution < 1.29 is 42.2 Å². The lowest BCUT2D eigenvalue weighted by Crippen LogP contribution is -2.39. The van der Waals surface area contributed by atoms with Crippen LogP contribution in [0.2, 0.25) is 0 Å². The third-order valence-electron chi connectivity index (χ3n) is 1.87. The van der Waals surface area contributed by atoms with Gasteiger partial charge in [-0.2, -0.15) is 16.8 Å². The van der Waals surface area contributed by atoms with E-state index < -0.39 is 56.4 Å². The Hall–Kier alpha value is -0.520. The van der Waals surface area contributed by atoms with Crippen LogP contribution in [0.1, 0.15) is 34.6 Å². The van der Waals surface area contributed by atoms with Gasteiger partial charge in [-0.1, -0.05) is 14.9 Å². The molecule has 0 fully saturated rings. The molecule has 4 nitrogen and oxygen atoms in total. The number of rotatable bonds is 7. The standard InChI is InChI=1S/C7H11F5O4S2.CH3F.2CH4/c1-6(8,9)2-3-7(10,4-17(11,13)14)5-18(12,15)16;1-2;;/h2-5H2,1H3;1H3;2*1H4. The van der Waals surface area contributed by atoms with Gasteiger partial charge in [-0.25, -0.2) is 13.2 Å². The van der Waals surface area contributed by atoms with Crippen LogP contribution in [0, 0.1) is 0 Å². The zero-order valence-electron chi connectivity index (χ0n) is 10.5. The fourth-order valence-corrected chi connectivity index (χ4v) is 3.11. The third-order valence-corrected chi connectivity index (χ3v) is 3.60. The molecule has 0 aliphatic rings. The van der Waals surface area contributed by atoms with Gasteiger partial charge in [-0.05, 0) is 13.3 Å². The molecule has 0 aliphatic carbocycles. The number of alkyl halides is 4. The molecule has 0 spiro atoms. The van der Waals surface area contributed by atoms with Crippen molar-refractivity contribution in [1.29, 1.82) is 0 Å². The Bertz CT molecular complexity index is 450. The quantitative estimate of drug-likeness (QED) is 0.497. The maximum Gasteiger partial charge on any atom is 0.305 e. The first-order valence-corrected chi connectivity index (χ1v) is 8.02. The van der Waals surface area contributed by atoms with Crippen LogP contribution in [-0.2, 0) is 20.4 Å². The van der Waals surface area contributed by atoms with E-state index >= 15 is 0 Å². The third kappa shape index (κ3) is 19.5. The summed E-state index contributed by atoms with van der Waals surface area (Å²) in [6, 6.07) is 0. The van der Waals surface area contributed by atoms with Crippen molar-refractivity contribution in [2.45, 2.75) is 46.2 Å². The van der Waals surface area contributed by atoms with Crippen LogP contribution in [0.25, 0.3) is 0 Å². The fraction of sp³-hybridized carbons (Fsp3) is 1.00. The summed E-state index contributed by atoms with van der Waals surface area (Å²) in [5, 5.41) is 0. The number of hydrogen-bond acceptors (Lipinski definition) is 4. The Kier molecular flexibility index (Phi) is 13.8. The first-order chi connectivity index (χ1) is 8.62. The van der Waals surface area contributed by atoms with E-state index in [1.807, 2.05) is 0 Å². The highest BCUT2D eigenvalue weighted by atomic mass is 32.3. The van der Waals surface area contributed by atoms with Gasteiger partial charge in [-0.15, -0.1) is 7.77 Å². The molecule has 0 bridgehead atoms. The molecule has 0 unspecified atom stereocenters. The Morgan fingerprint density at radius 1 is 0.773 bits per heavy atom. The Morgan fingerprint density at radius 2 is 1.05 bits per heavy atom. The lowest BCUT2D eigenvalue weighted by Gasteiger charge is -2.23. The number of hydrogen-bond donors (Lipinski definition) is 0. The van der Waals surface area contributed by atoms with E-state index in [1.54, 1.807) is 0 Å². The van der Waals surface area contributed by atoms with E-state index in [0.29, 0.717) is 14.1 Å². The van der Waals surface area contributed by atoms with Crippen molar-refractivity contribution in [2.75, 3.05) is 18.7 Å². The Balaban J connectivity index is -0.000000387. The van der Waals surface area contributed by atoms with Gasteiger partial charge >= 0.3 is 20.4 Å². The smallest absolute Gasteiger partial charge is 0.255 e. The normalized spacial score (nSPS) is 12.4. The van der Waals surface area contributed by atoms with E-state index in [1.165, 1.54) is 0 Å². The summed E-state index contributed by atoms with van der Waals surface area (Å²) in [5.41, 5.74) is -3.43. The highest BCUT2D eigenvalue weighted by Crippen LogP contribution is 2.30. The van der Waals surface area contributed by atoms with Gasteiger partial charge in [0.1, 0.15) is 17.2 Å². The molecule has 0 saturated carbocycles. The summed E-state index contributed by atoms with van der Waals surface area (Å²) in [6.45, 7) is 0.376. The van der Waals surface area contributed by atoms with Crippen molar-refractivity contribution in [3.63, 3.8) is 0 Å². The Labute approximate surface area is 128 Å². The van der Waals surface area contributed by atoms with Gasteiger partial charge in [0.25, 0.3) is 0 Å². The average Bonchev–Trinajstić information content (AvgIpc) is 2.11. The van der Waals surface area contributed by atoms with E-state index in [0.717, 1.165) is 0 Å². The lowest BCUT2D eigenvalue weighted by atomic mass is 10.0. The summed E-state index contributed by atoms with van der Waals surface area (Å²) >= 11 is 0. The van der Waals surface area contributed by atoms with Crippen molar-refractivity contribution in [1.82, 2.24) is 0 Å². The van der Waals surface area contributed by atoms with Crippen LogP contribution in [0.15, 0.2) is 0 Å². The highest BCUT2D eigenvalue weighted by Gasteiger charge is 2.42. The maximum atomic E-state index is 13.7. The summed E-state index contributed by atoms with van der Waals surface area (Å²) in [6.07, 6.45) is -2.54. The fourth-order valence-electron chi connectivity index (χ4n) is 1.25. The van der Waals surface area contributed by atoms with E-state index in [4.69, 9.17) is 0 Å². The molecule has 12 heteroatoms. The SMILES string of the molecule is C.C.CC(F)(F)CCC(F)(CS(=O)(=O)F)CS(=O)(=O)F.CF. The lowest BCUT2D eigenvalue weighted by molar-refractivity contribution is -0.00230. The minimum atomic E-state index is -5.47. The van der Waals surface area contributed by atoms with Gasteiger partial charge in [0.05, 0.1) is 7.18 Å². The molecule has 0 aliphatic heterocycles. The van der Waals surface area contributed by atoms with Crippen LogP contribution >= 0.6 is 0 Å². The van der Waals surface area contributed by atoms with E-state index in [-0.39, 0.29) is 14.9 Å². The minimum Gasteiger partial charge on any atom is -0.255 e. The molecule has 0 saturated heterocycles. The summed E-state index contributed by atoms with van der Waals surface area (Å²) in [5.74, 6) is -7.39. The second-order valence-electron chi connectivity index (χ2n) is 4.09. The molecular weight excluding hydrogens is 362 g/mol. The van der Waals surface area contributed by atoms with Crippen LogP contribution in [-0.4, -0.2) is 47.1 Å². The molecule has 0 N–H and O–H groups in total. The van der Waals surface area contributed by atoms with Crippen molar-refractivity contribution in [2.24, 2.45) is 0 Å². The van der Waals surface area contributed by atoms with Gasteiger partial charge in [0.2, 0.25) is 5.92 Å². The monoisotopic (exact) mass is 384 g/mol. The second kappa shape index (κ2) is 10.3. The second-order valence-corrected chi connectivity index (χ2v) is 6.82. The predicted molar refractivity (Wildman–Crippen MR) is 74.0 cm³/mol. The molecule has 0 rings (SSSR count). The molecule has 0 aromatic rings. The average molecular weight is 384 g/mol. The van der Waals surface area contributed by atoms with Crippen LogP contribution in [0.4, 0.5) is 25.3 Å². The number of halogens is 6. The van der Waals surface area contributed by atoms with E-state index in [2.05, 4.69) is 0 Å². The first-order valence-electron chi connectivity index (χ1n) is 4.91. The topological polar surface area (TPSA) is 68.3 Å². The van der Waals surface area contributed by atoms with E-state index in [9.17, 15) is 42.2 Å². The van der Waals surface area contributed by atoms with Crippen molar-refractivity contribution in [3.8, 4) is 0 Å². The van der Waals surface area contributed by atoms with Gasteiger partial charge in [0, 0.05) is 6.42 Å². The van der Waals surface area contributed by atoms with Crippen molar-refractivity contribution >= 4 is 20.4 Å². The summed E-state index contributed by atoms with van der Waals surface area (Å²) in [4.78, 5) is 0. The largest absolute Gasteiger partial charge is 0.305 e. The molecular formula is C10H22F6O4S2. The molecule has 0 radical (unpaired) electrons. The van der Waals surface area contributed by atoms with Gasteiger partial charge in [0.15, 0.2) is 0 Å². The highest BCUT2D eigenvalue weighted by molar-refractivity contribution is 7.87. The molecule has 0 heterocycles. The van der Waals surface area contributed by atoms with Gasteiger partial charge < -0.3 is 0 Å². The summed E-state index contributed by atoms with van der Waals surface area (Å²) < 4.78 is 114. The molecule has 140 valence electrons. The Morgan fingerprint density at radius 3 is 1.23 bits per heavy atom. The van der Waals surface area contributed by atoms with Crippen LogP contribution < -0.4 is 0 Å². The van der Waals surface area contributed by atoms with Gasteiger partial charge in [-0.3, -0.25) is 4.39 Å². The summed E-state index contributed by atoms with van der Waals surface area (Å²) in [7, 11) is -10.4. The molecule has 0 amide bonds. The predicted octanol–water partition coefficient (Wildman–Crippen LogP) is 3.59. The molecule has 0 aromatic heterocycles. The van der Waals surface area contributed by atoms with Crippen LogP contribution in [0.5, 0.6) is 0 Å². The molecule has 0 atom stereocenters. The minimum absolute atomic E-state index is 0.